The summed E-state index contributed by atoms with van der Waals surface area (Å²) in [5.41, 5.74) is 3.73. The Morgan fingerprint density at radius 1 is 1.06 bits per heavy atom. The number of hydrogen-bond acceptors (Lipinski definition) is 0. The molecule has 0 atom stereocenters. The molecule has 1 heteroatoms. The maximum atomic E-state index is 4.32. The zero-order valence-electron chi connectivity index (χ0n) is 9.96. The van der Waals surface area contributed by atoms with Crippen molar-refractivity contribution in [2.75, 3.05) is 11.5 Å². The molecule has 1 aromatic rings. The Kier molecular flexibility index (Phi) is 3.55. The third-order valence-electron chi connectivity index (χ3n) is 3.07. The summed E-state index contributed by atoms with van der Waals surface area (Å²) in [6.07, 6.45) is 2.74. The van der Waals surface area contributed by atoms with Crippen LogP contribution in [-0.4, -0.2) is 11.5 Å². The molecule has 1 fully saturated rings. The molecule has 1 saturated heterocycles. The van der Waals surface area contributed by atoms with Gasteiger partial charge in [-0.1, -0.05) is 30.4 Å². The third-order valence-corrected chi connectivity index (χ3v) is 5.55. The minimum atomic E-state index is 0.415. The lowest BCUT2D eigenvalue weighted by molar-refractivity contribution is 0.949. The van der Waals surface area contributed by atoms with Gasteiger partial charge in [0.25, 0.3) is 0 Å². The van der Waals surface area contributed by atoms with Gasteiger partial charge in [-0.15, -0.1) is 0 Å². The molecule has 0 radical (unpaired) electrons. The summed E-state index contributed by atoms with van der Waals surface area (Å²) < 4.78 is 0. The summed E-state index contributed by atoms with van der Waals surface area (Å²) in [6.45, 7) is 10.5. The minimum Gasteiger partial charge on any atom is -0.0955 e. The predicted molar refractivity (Wildman–Crippen MR) is 76.5 cm³/mol. The highest BCUT2D eigenvalue weighted by atomic mass is 32.2. The van der Waals surface area contributed by atoms with Crippen molar-refractivity contribution >= 4 is 21.4 Å². The second kappa shape index (κ2) is 4.92. The first-order valence-corrected chi connectivity index (χ1v) is 7.38. The van der Waals surface area contributed by atoms with Crippen LogP contribution in [0.3, 0.4) is 0 Å². The topological polar surface area (TPSA) is 0 Å². The van der Waals surface area contributed by atoms with Crippen molar-refractivity contribution in [1.29, 1.82) is 0 Å². The number of benzene rings is 1. The molecular weight excluding hydrogens is 212 g/mol. The van der Waals surface area contributed by atoms with Crippen LogP contribution in [0.4, 0.5) is 0 Å². The Hall–Kier alpha value is -0.950. The van der Waals surface area contributed by atoms with E-state index in [1.54, 1.807) is 0 Å². The van der Waals surface area contributed by atoms with Crippen molar-refractivity contribution in [2.24, 2.45) is 0 Å². The van der Waals surface area contributed by atoms with E-state index in [2.05, 4.69) is 44.3 Å². The Balaban J connectivity index is 2.32. The molecule has 0 nitrogen and oxygen atoms in total. The fourth-order valence-electron chi connectivity index (χ4n) is 2.15. The molecule has 1 aromatic carbocycles. The van der Waals surface area contributed by atoms with E-state index in [9.17, 15) is 0 Å². The van der Waals surface area contributed by atoms with E-state index in [0.717, 1.165) is 5.57 Å². The van der Waals surface area contributed by atoms with Gasteiger partial charge in [0.1, 0.15) is 11.5 Å². The molecule has 0 N–H and O–H groups in total. The first-order chi connectivity index (χ1) is 7.70. The van der Waals surface area contributed by atoms with Crippen LogP contribution < -0.4 is 0 Å². The molecule has 0 aliphatic carbocycles. The van der Waals surface area contributed by atoms with Gasteiger partial charge in [-0.3, -0.25) is 0 Å². The van der Waals surface area contributed by atoms with Crippen molar-refractivity contribution in [2.45, 2.75) is 19.8 Å². The highest BCUT2D eigenvalue weighted by molar-refractivity contribution is 8.05. The summed E-state index contributed by atoms with van der Waals surface area (Å²) in [4.78, 5) is 1.34. The van der Waals surface area contributed by atoms with Crippen LogP contribution in [0.1, 0.15) is 30.9 Å². The Labute approximate surface area is 101 Å². The lowest BCUT2D eigenvalue weighted by atomic mass is 10.0. The van der Waals surface area contributed by atoms with Crippen LogP contribution in [-0.2, 0) is 10.9 Å². The van der Waals surface area contributed by atoms with Gasteiger partial charge < -0.3 is 0 Å². The van der Waals surface area contributed by atoms with Crippen molar-refractivity contribution in [3.63, 3.8) is 0 Å². The van der Waals surface area contributed by atoms with Gasteiger partial charge >= 0.3 is 0 Å². The van der Waals surface area contributed by atoms with Crippen molar-refractivity contribution in [3.8, 4) is 0 Å². The Morgan fingerprint density at radius 2 is 1.62 bits per heavy atom. The van der Waals surface area contributed by atoms with Crippen LogP contribution in [0.15, 0.2) is 37.4 Å². The van der Waals surface area contributed by atoms with Gasteiger partial charge in [0, 0.05) is 16.5 Å². The Morgan fingerprint density at radius 3 is 2.19 bits per heavy atom. The quantitative estimate of drug-likeness (QED) is 0.687. The molecule has 2 rings (SSSR count). The first-order valence-electron chi connectivity index (χ1n) is 5.82. The van der Waals surface area contributed by atoms with Gasteiger partial charge in [0.05, 0.1) is 0 Å². The zero-order valence-corrected chi connectivity index (χ0v) is 10.8. The molecule has 84 valence electrons. The van der Waals surface area contributed by atoms with Crippen LogP contribution in [0.5, 0.6) is 0 Å². The molecule has 1 aliphatic heterocycles. The summed E-state index contributed by atoms with van der Waals surface area (Å²) in [5.74, 6) is 2.67. The second-order valence-corrected chi connectivity index (χ2v) is 6.65. The standard InChI is InChI=1S/C15H19S/c1-12(2)14-8-4-5-9-15(14)13(3)16-10-6-7-11-16/h4-5,8-9H,1,3,6-7,10-11H2,2H3/q+1. The van der Waals surface area contributed by atoms with E-state index in [4.69, 9.17) is 0 Å². The average Bonchev–Trinajstić information content (AvgIpc) is 2.81. The van der Waals surface area contributed by atoms with E-state index in [0.29, 0.717) is 10.9 Å². The van der Waals surface area contributed by atoms with Crippen LogP contribution in [0.2, 0.25) is 0 Å². The third kappa shape index (κ3) is 2.25. The minimum absolute atomic E-state index is 0.415. The molecule has 0 spiro atoms. The molecule has 1 aliphatic rings. The number of rotatable bonds is 3. The summed E-state index contributed by atoms with van der Waals surface area (Å²) >= 11 is 0. The lowest BCUT2D eigenvalue weighted by Crippen LogP contribution is -2.06. The smallest absolute Gasteiger partial charge is 0.0955 e. The van der Waals surface area contributed by atoms with E-state index in [-0.39, 0.29) is 0 Å². The SMILES string of the molecule is C=C(C)c1ccccc1C(=C)[S+]1CCCC1. The maximum absolute atomic E-state index is 4.32. The van der Waals surface area contributed by atoms with E-state index >= 15 is 0 Å². The normalized spacial score (nSPS) is 16.3. The van der Waals surface area contributed by atoms with Crippen molar-refractivity contribution in [3.05, 3.63) is 48.6 Å². The highest BCUT2D eigenvalue weighted by Crippen LogP contribution is 2.32. The van der Waals surface area contributed by atoms with Gasteiger partial charge in [-0.2, -0.15) is 0 Å². The van der Waals surface area contributed by atoms with Gasteiger partial charge in [-0.25, -0.2) is 0 Å². The molecule has 16 heavy (non-hydrogen) atoms. The summed E-state index contributed by atoms with van der Waals surface area (Å²) in [6, 6.07) is 8.53. The van der Waals surface area contributed by atoms with Gasteiger partial charge in [-0.05, 0) is 38.0 Å². The second-order valence-electron chi connectivity index (χ2n) is 4.36. The molecule has 1 heterocycles. The van der Waals surface area contributed by atoms with Gasteiger partial charge in [0.2, 0.25) is 0 Å². The number of allylic oxidation sites excluding steroid dienone is 1. The fourth-order valence-corrected chi connectivity index (χ4v) is 4.45. The van der Waals surface area contributed by atoms with Crippen LogP contribution in [0.25, 0.3) is 10.5 Å². The largest absolute Gasteiger partial charge is 0.155 e. The predicted octanol–water partition coefficient (Wildman–Crippen LogP) is 4.10. The summed E-state index contributed by atoms with van der Waals surface area (Å²) in [7, 11) is 0.415. The number of hydrogen-bond donors (Lipinski definition) is 0. The maximum Gasteiger partial charge on any atom is 0.155 e. The fraction of sp³-hybridized carbons (Fsp3) is 0.333. The molecule has 0 amide bonds. The Bertz CT molecular complexity index is 411. The zero-order chi connectivity index (χ0) is 11.5. The van der Waals surface area contributed by atoms with E-state index < -0.39 is 0 Å². The lowest BCUT2D eigenvalue weighted by Gasteiger charge is -2.10. The van der Waals surface area contributed by atoms with Gasteiger partial charge in [0.15, 0.2) is 4.91 Å². The monoisotopic (exact) mass is 231 g/mol. The molecule has 0 aromatic heterocycles. The van der Waals surface area contributed by atoms with Crippen molar-refractivity contribution < 1.29 is 0 Å². The molecule has 0 saturated carbocycles. The molecule has 0 bridgehead atoms. The average molecular weight is 231 g/mol. The van der Waals surface area contributed by atoms with E-state index in [1.165, 1.54) is 40.4 Å². The highest BCUT2D eigenvalue weighted by Gasteiger charge is 2.29. The van der Waals surface area contributed by atoms with Crippen LogP contribution in [0, 0.1) is 0 Å². The molecule has 0 unspecified atom stereocenters. The molecular formula is C15H19S+. The first kappa shape index (κ1) is 11.5. The summed E-state index contributed by atoms with van der Waals surface area (Å²) in [5, 5.41) is 0. The van der Waals surface area contributed by atoms with Crippen LogP contribution >= 0.6 is 0 Å². The van der Waals surface area contributed by atoms with Crippen molar-refractivity contribution in [1.82, 2.24) is 0 Å². The van der Waals surface area contributed by atoms with E-state index in [1.807, 2.05) is 0 Å².